The number of sulfonamides is 1. The summed E-state index contributed by atoms with van der Waals surface area (Å²) in [7, 11) is -3.67. The van der Waals surface area contributed by atoms with Crippen molar-refractivity contribution < 1.29 is 8.42 Å². The van der Waals surface area contributed by atoms with Crippen LogP contribution in [0.2, 0.25) is 5.02 Å². The number of nitrogens with one attached hydrogen (secondary N) is 1. The van der Waals surface area contributed by atoms with Gasteiger partial charge in [-0.1, -0.05) is 24.9 Å². The highest BCUT2D eigenvalue weighted by Gasteiger charge is 2.10. The number of halogens is 1. The summed E-state index contributed by atoms with van der Waals surface area (Å²) in [4.78, 5) is 0.0656. The van der Waals surface area contributed by atoms with Crippen LogP contribution in [0.25, 0.3) is 0 Å². The first-order valence-corrected chi connectivity index (χ1v) is 6.94. The third-order valence-electron chi connectivity index (χ3n) is 2.11. The summed E-state index contributed by atoms with van der Waals surface area (Å²) < 4.78 is 22.3. The number of nitrogens with two attached hydrogens (primary N) is 1. The summed E-state index contributed by atoms with van der Waals surface area (Å²) in [6.45, 7) is 2.83. The number of unbranched alkanes of at least 4 members (excludes halogenated alkanes) is 1. The highest BCUT2D eigenvalue weighted by atomic mass is 35.5. The van der Waals surface area contributed by atoms with Crippen LogP contribution in [0.15, 0.2) is 23.1 Å². The standard InChI is InChI=1S/C10H15ClN2O2S/c1-2-3-6-13-10-7-8(16(12,14)15)4-5-9(10)11/h4-5,7,13H,2-3,6H2,1H3,(H2,12,14,15). The topological polar surface area (TPSA) is 72.2 Å². The van der Waals surface area contributed by atoms with Crippen LogP contribution in [0, 0.1) is 0 Å². The first-order valence-electron chi connectivity index (χ1n) is 5.01. The van der Waals surface area contributed by atoms with Gasteiger partial charge in [0.2, 0.25) is 10.0 Å². The number of rotatable bonds is 5. The van der Waals surface area contributed by atoms with Crippen LogP contribution in [0.3, 0.4) is 0 Å². The number of anilines is 1. The van der Waals surface area contributed by atoms with Crippen LogP contribution < -0.4 is 10.5 Å². The van der Waals surface area contributed by atoms with Crippen LogP contribution in [0.1, 0.15) is 19.8 Å². The van der Waals surface area contributed by atoms with Gasteiger partial charge in [0.05, 0.1) is 15.6 Å². The first-order chi connectivity index (χ1) is 7.45. The molecule has 1 aromatic rings. The lowest BCUT2D eigenvalue weighted by molar-refractivity contribution is 0.598. The van der Waals surface area contributed by atoms with Gasteiger partial charge >= 0.3 is 0 Å². The third-order valence-corrected chi connectivity index (χ3v) is 3.35. The molecule has 3 N–H and O–H groups in total. The molecule has 0 fully saturated rings. The van der Waals surface area contributed by atoms with Crippen molar-refractivity contribution in [3.05, 3.63) is 23.2 Å². The minimum Gasteiger partial charge on any atom is -0.384 e. The average Bonchev–Trinajstić information content (AvgIpc) is 2.19. The Bertz CT molecular complexity index is 460. The van der Waals surface area contributed by atoms with Crippen LogP contribution in [0.5, 0.6) is 0 Å². The molecule has 6 heteroatoms. The maximum Gasteiger partial charge on any atom is 0.238 e. The minimum atomic E-state index is -3.67. The minimum absolute atomic E-state index is 0.0656. The Balaban J connectivity index is 2.91. The quantitative estimate of drug-likeness (QED) is 0.799. The van der Waals surface area contributed by atoms with Crippen molar-refractivity contribution in [1.29, 1.82) is 0 Å². The molecule has 0 aliphatic heterocycles. The van der Waals surface area contributed by atoms with Crippen molar-refractivity contribution in [1.82, 2.24) is 0 Å². The lowest BCUT2D eigenvalue weighted by Crippen LogP contribution is -2.12. The number of primary sulfonamides is 1. The van der Waals surface area contributed by atoms with Crippen LogP contribution in [-0.2, 0) is 10.0 Å². The zero-order valence-corrected chi connectivity index (χ0v) is 10.6. The second kappa shape index (κ2) is 5.52. The molecule has 0 bridgehead atoms. The molecule has 1 aromatic carbocycles. The van der Waals surface area contributed by atoms with Gasteiger partial charge in [0.15, 0.2) is 0 Å². The molecule has 1 rings (SSSR count). The van der Waals surface area contributed by atoms with Gasteiger partial charge in [-0.05, 0) is 24.6 Å². The Morgan fingerprint density at radius 1 is 1.44 bits per heavy atom. The fourth-order valence-electron chi connectivity index (χ4n) is 1.22. The Kier molecular flexibility index (Phi) is 4.58. The molecule has 0 aliphatic rings. The Labute approximate surface area is 101 Å². The normalized spacial score (nSPS) is 11.4. The molecule has 0 amide bonds. The summed E-state index contributed by atoms with van der Waals surface area (Å²) in [5.41, 5.74) is 0.599. The molecule has 0 radical (unpaired) electrons. The Hall–Kier alpha value is -0.780. The highest BCUT2D eigenvalue weighted by Crippen LogP contribution is 2.24. The zero-order chi connectivity index (χ0) is 12.2. The summed E-state index contributed by atoms with van der Waals surface area (Å²) in [6, 6.07) is 4.37. The van der Waals surface area contributed by atoms with E-state index in [4.69, 9.17) is 16.7 Å². The number of benzene rings is 1. The lowest BCUT2D eigenvalue weighted by Gasteiger charge is -2.09. The summed E-state index contributed by atoms with van der Waals surface area (Å²) in [5.74, 6) is 0. The smallest absolute Gasteiger partial charge is 0.238 e. The SMILES string of the molecule is CCCCNc1cc(S(N)(=O)=O)ccc1Cl. The molecule has 0 aliphatic carbocycles. The lowest BCUT2D eigenvalue weighted by atomic mass is 10.3. The van der Waals surface area contributed by atoms with E-state index in [-0.39, 0.29) is 4.90 Å². The van der Waals surface area contributed by atoms with Crippen LogP contribution in [0.4, 0.5) is 5.69 Å². The van der Waals surface area contributed by atoms with Gasteiger partial charge in [-0.3, -0.25) is 0 Å². The van der Waals surface area contributed by atoms with Gasteiger partial charge in [0.25, 0.3) is 0 Å². The predicted molar refractivity (Wildman–Crippen MR) is 66.2 cm³/mol. The molecular weight excluding hydrogens is 248 g/mol. The Morgan fingerprint density at radius 3 is 2.69 bits per heavy atom. The van der Waals surface area contributed by atoms with E-state index >= 15 is 0 Å². The molecule has 0 saturated carbocycles. The fraction of sp³-hybridized carbons (Fsp3) is 0.400. The molecule has 0 heterocycles. The fourth-order valence-corrected chi connectivity index (χ4v) is 1.94. The van der Waals surface area contributed by atoms with E-state index in [1.54, 1.807) is 0 Å². The van der Waals surface area contributed by atoms with Crippen molar-refractivity contribution in [3.63, 3.8) is 0 Å². The van der Waals surface area contributed by atoms with Crippen molar-refractivity contribution in [2.45, 2.75) is 24.7 Å². The summed E-state index contributed by atoms with van der Waals surface area (Å²) >= 11 is 5.93. The van der Waals surface area contributed by atoms with Gasteiger partial charge < -0.3 is 5.32 Å². The molecular formula is C10H15ClN2O2S. The zero-order valence-electron chi connectivity index (χ0n) is 9.03. The second-order valence-electron chi connectivity index (χ2n) is 3.47. The van der Waals surface area contributed by atoms with Crippen molar-refractivity contribution in [2.75, 3.05) is 11.9 Å². The van der Waals surface area contributed by atoms with E-state index in [2.05, 4.69) is 12.2 Å². The first kappa shape index (κ1) is 13.3. The van der Waals surface area contributed by atoms with Crippen molar-refractivity contribution in [3.8, 4) is 0 Å². The van der Waals surface area contributed by atoms with E-state index in [9.17, 15) is 8.42 Å². The molecule has 0 saturated heterocycles. The van der Waals surface area contributed by atoms with Gasteiger partial charge in [0, 0.05) is 6.54 Å². The Morgan fingerprint density at radius 2 is 2.12 bits per heavy atom. The van der Waals surface area contributed by atoms with Gasteiger partial charge in [-0.2, -0.15) is 0 Å². The largest absolute Gasteiger partial charge is 0.384 e. The van der Waals surface area contributed by atoms with Gasteiger partial charge in [-0.25, -0.2) is 13.6 Å². The summed E-state index contributed by atoms with van der Waals surface area (Å²) in [6.07, 6.45) is 2.05. The van der Waals surface area contributed by atoms with Gasteiger partial charge in [-0.15, -0.1) is 0 Å². The number of hydrogen-bond acceptors (Lipinski definition) is 3. The van der Waals surface area contributed by atoms with Crippen LogP contribution in [-0.4, -0.2) is 15.0 Å². The number of hydrogen-bond donors (Lipinski definition) is 2. The van der Waals surface area contributed by atoms with Crippen molar-refractivity contribution >= 4 is 27.3 Å². The maximum atomic E-state index is 11.1. The van der Waals surface area contributed by atoms with E-state index in [1.165, 1.54) is 18.2 Å². The predicted octanol–water partition coefficient (Wildman–Crippen LogP) is 2.20. The van der Waals surface area contributed by atoms with E-state index in [0.29, 0.717) is 10.7 Å². The molecule has 90 valence electrons. The molecule has 0 aromatic heterocycles. The molecule has 0 spiro atoms. The second-order valence-corrected chi connectivity index (χ2v) is 5.44. The molecule has 4 nitrogen and oxygen atoms in total. The molecule has 16 heavy (non-hydrogen) atoms. The average molecular weight is 263 g/mol. The van der Waals surface area contributed by atoms with Crippen molar-refractivity contribution in [2.24, 2.45) is 5.14 Å². The highest BCUT2D eigenvalue weighted by molar-refractivity contribution is 7.89. The molecule has 0 atom stereocenters. The monoisotopic (exact) mass is 262 g/mol. The van der Waals surface area contributed by atoms with Gasteiger partial charge in [0.1, 0.15) is 0 Å². The maximum absolute atomic E-state index is 11.1. The summed E-state index contributed by atoms with van der Waals surface area (Å²) in [5, 5.41) is 8.60. The molecule has 0 unspecified atom stereocenters. The van der Waals surface area contributed by atoms with E-state index in [0.717, 1.165) is 19.4 Å². The van der Waals surface area contributed by atoms with E-state index in [1.807, 2.05) is 0 Å². The van der Waals surface area contributed by atoms with Crippen LogP contribution >= 0.6 is 11.6 Å². The van der Waals surface area contributed by atoms with E-state index < -0.39 is 10.0 Å². The third kappa shape index (κ3) is 3.66.